The molecule has 3 aromatic carbocycles. The topological polar surface area (TPSA) is 78.3 Å². The average molecular weight is 475 g/mol. The number of carbonyl (C=O) groups excluding carboxylic acids is 1. The first-order valence-electron chi connectivity index (χ1n) is 10.8. The molecular formula is C26H26N4O3S. The van der Waals surface area contributed by atoms with Crippen LogP contribution in [0.5, 0.6) is 11.5 Å². The molecule has 34 heavy (non-hydrogen) atoms. The third-order valence-electron chi connectivity index (χ3n) is 5.27. The molecule has 8 heteroatoms. The minimum atomic E-state index is -0.111. The number of nitrogens with zero attached hydrogens (tertiary/aromatic N) is 3. The SMILES string of the molecule is COc1ccc(-n2c(COc3ccccc3)nnc2SCC(=O)Nc2ccc(C)c(C)c2)cc1. The number of ether oxygens (including phenoxy) is 2. The number of methoxy groups -OCH3 is 1. The lowest BCUT2D eigenvalue weighted by Crippen LogP contribution is -2.15. The van der Waals surface area contributed by atoms with Crippen molar-refractivity contribution in [1.29, 1.82) is 0 Å². The summed E-state index contributed by atoms with van der Waals surface area (Å²) < 4.78 is 13.1. The van der Waals surface area contributed by atoms with Crippen LogP contribution in [0.1, 0.15) is 17.0 Å². The van der Waals surface area contributed by atoms with Gasteiger partial charge in [-0.05, 0) is 73.5 Å². The van der Waals surface area contributed by atoms with Gasteiger partial charge in [-0.2, -0.15) is 0 Å². The van der Waals surface area contributed by atoms with Crippen molar-refractivity contribution in [2.24, 2.45) is 0 Å². The van der Waals surface area contributed by atoms with Gasteiger partial charge in [-0.25, -0.2) is 0 Å². The average Bonchev–Trinajstić information content (AvgIpc) is 3.27. The van der Waals surface area contributed by atoms with Gasteiger partial charge in [-0.3, -0.25) is 9.36 Å². The Morgan fingerprint density at radius 3 is 2.41 bits per heavy atom. The van der Waals surface area contributed by atoms with Crippen LogP contribution in [0.2, 0.25) is 0 Å². The summed E-state index contributed by atoms with van der Waals surface area (Å²) in [6.45, 7) is 4.30. The molecule has 0 bridgehead atoms. The number of hydrogen-bond donors (Lipinski definition) is 1. The molecule has 0 fully saturated rings. The zero-order chi connectivity index (χ0) is 23.9. The number of aromatic nitrogens is 3. The molecule has 4 aromatic rings. The summed E-state index contributed by atoms with van der Waals surface area (Å²) in [6, 6.07) is 23.0. The molecule has 0 spiro atoms. The second-order valence-electron chi connectivity index (χ2n) is 7.67. The number of para-hydroxylation sites is 1. The summed E-state index contributed by atoms with van der Waals surface area (Å²) in [5.74, 6) is 2.21. The third kappa shape index (κ3) is 5.77. The number of thioether (sulfide) groups is 1. The molecule has 0 saturated carbocycles. The van der Waals surface area contributed by atoms with E-state index in [9.17, 15) is 4.79 Å². The van der Waals surface area contributed by atoms with Crippen molar-refractivity contribution in [1.82, 2.24) is 14.8 Å². The molecule has 7 nitrogen and oxygen atoms in total. The molecule has 1 amide bonds. The predicted molar refractivity (Wildman–Crippen MR) is 134 cm³/mol. The van der Waals surface area contributed by atoms with Gasteiger partial charge >= 0.3 is 0 Å². The predicted octanol–water partition coefficient (Wildman–Crippen LogP) is 5.20. The number of aryl methyl sites for hydroxylation is 2. The van der Waals surface area contributed by atoms with E-state index in [4.69, 9.17) is 9.47 Å². The first kappa shape index (κ1) is 23.4. The largest absolute Gasteiger partial charge is 0.497 e. The second-order valence-corrected chi connectivity index (χ2v) is 8.61. The van der Waals surface area contributed by atoms with Gasteiger partial charge in [0.15, 0.2) is 11.0 Å². The molecule has 0 aliphatic carbocycles. The summed E-state index contributed by atoms with van der Waals surface area (Å²) in [7, 11) is 1.63. The van der Waals surface area contributed by atoms with E-state index in [1.54, 1.807) is 7.11 Å². The van der Waals surface area contributed by atoms with E-state index in [-0.39, 0.29) is 18.3 Å². The van der Waals surface area contributed by atoms with Crippen LogP contribution >= 0.6 is 11.8 Å². The molecular weight excluding hydrogens is 448 g/mol. The lowest BCUT2D eigenvalue weighted by molar-refractivity contribution is -0.113. The van der Waals surface area contributed by atoms with Crippen molar-refractivity contribution >= 4 is 23.4 Å². The van der Waals surface area contributed by atoms with Crippen molar-refractivity contribution in [3.63, 3.8) is 0 Å². The highest BCUT2D eigenvalue weighted by Crippen LogP contribution is 2.25. The molecule has 1 N–H and O–H groups in total. The van der Waals surface area contributed by atoms with Crippen LogP contribution in [-0.4, -0.2) is 33.5 Å². The molecule has 0 unspecified atom stereocenters. The zero-order valence-electron chi connectivity index (χ0n) is 19.3. The van der Waals surface area contributed by atoms with Crippen LogP contribution in [0.3, 0.4) is 0 Å². The van der Waals surface area contributed by atoms with Gasteiger partial charge in [0, 0.05) is 11.4 Å². The lowest BCUT2D eigenvalue weighted by Gasteiger charge is -2.12. The Hall–Kier alpha value is -3.78. The van der Waals surface area contributed by atoms with E-state index >= 15 is 0 Å². The van der Waals surface area contributed by atoms with Gasteiger partial charge in [-0.1, -0.05) is 36.0 Å². The highest BCUT2D eigenvalue weighted by atomic mass is 32.2. The van der Waals surface area contributed by atoms with Gasteiger partial charge in [0.2, 0.25) is 5.91 Å². The summed E-state index contributed by atoms with van der Waals surface area (Å²) in [5.41, 5.74) is 3.95. The summed E-state index contributed by atoms with van der Waals surface area (Å²) in [6.07, 6.45) is 0. The Morgan fingerprint density at radius 1 is 0.941 bits per heavy atom. The van der Waals surface area contributed by atoms with Crippen LogP contribution in [0.15, 0.2) is 78.0 Å². The highest BCUT2D eigenvalue weighted by Gasteiger charge is 2.17. The van der Waals surface area contributed by atoms with Crippen molar-refractivity contribution in [2.45, 2.75) is 25.6 Å². The van der Waals surface area contributed by atoms with Gasteiger partial charge in [0.25, 0.3) is 0 Å². The summed E-state index contributed by atoms with van der Waals surface area (Å²) in [4.78, 5) is 12.6. The van der Waals surface area contributed by atoms with E-state index in [1.807, 2.05) is 91.2 Å². The maximum Gasteiger partial charge on any atom is 0.234 e. The van der Waals surface area contributed by atoms with Gasteiger partial charge in [0.05, 0.1) is 12.9 Å². The number of carbonyl (C=O) groups is 1. The van der Waals surface area contributed by atoms with Crippen molar-refractivity contribution in [3.05, 3.63) is 89.7 Å². The smallest absolute Gasteiger partial charge is 0.234 e. The number of rotatable bonds is 9. The van der Waals surface area contributed by atoms with Gasteiger partial charge < -0.3 is 14.8 Å². The quantitative estimate of drug-likeness (QED) is 0.336. The molecule has 0 saturated heterocycles. The first-order valence-corrected chi connectivity index (χ1v) is 11.8. The Bertz CT molecular complexity index is 1260. The molecule has 0 atom stereocenters. The molecule has 174 valence electrons. The lowest BCUT2D eigenvalue weighted by atomic mass is 10.1. The number of anilines is 1. The third-order valence-corrected chi connectivity index (χ3v) is 6.19. The molecule has 1 heterocycles. The van der Waals surface area contributed by atoms with E-state index in [0.29, 0.717) is 11.0 Å². The Labute approximate surface area is 203 Å². The first-order chi connectivity index (χ1) is 16.5. The molecule has 0 aliphatic heterocycles. The standard InChI is InChI=1S/C26H26N4O3S/c1-18-9-10-20(15-19(18)2)27-25(31)17-34-26-29-28-24(16-33-23-7-5-4-6-8-23)30(26)21-11-13-22(32-3)14-12-21/h4-15H,16-17H2,1-3H3,(H,27,31). The monoisotopic (exact) mass is 474 g/mol. The Kier molecular flexibility index (Phi) is 7.49. The van der Waals surface area contributed by atoms with Crippen LogP contribution in [0, 0.1) is 13.8 Å². The minimum absolute atomic E-state index is 0.111. The minimum Gasteiger partial charge on any atom is -0.497 e. The zero-order valence-corrected chi connectivity index (χ0v) is 20.1. The maximum atomic E-state index is 12.6. The molecule has 0 radical (unpaired) electrons. The van der Waals surface area contributed by atoms with Crippen LogP contribution in [-0.2, 0) is 11.4 Å². The maximum absolute atomic E-state index is 12.6. The second kappa shape index (κ2) is 10.9. The van der Waals surface area contributed by atoms with E-state index in [1.165, 1.54) is 17.3 Å². The molecule has 0 aliphatic rings. The van der Waals surface area contributed by atoms with Crippen molar-refractivity contribution in [3.8, 4) is 17.2 Å². The summed E-state index contributed by atoms with van der Waals surface area (Å²) in [5, 5.41) is 12.2. The van der Waals surface area contributed by atoms with Crippen LogP contribution < -0.4 is 14.8 Å². The van der Waals surface area contributed by atoms with E-state index in [0.717, 1.165) is 28.4 Å². The summed E-state index contributed by atoms with van der Waals surface area (Å²) >= 11 is 1.32. The van der Waals surface area contributed by atoms with Crippen molar-refractivity contribution in [2.75, 3.05) is 18.2 Å². The fourth-order valence-corrected chi connectivity index (χ4v) is 4.06. The van der Waals surface area contributed by atoms with Crippen LogP contribution in [0.25, 0.3) is 5.69 Å². The fourth-order valence-electron chi connectivity index (χ4n) is 3.29. The van der Waals surface area contributed by atoms with E-state index in [2.05, 4.69) is 15.5 Å². The number of nitrogens with one attached hydrogen (secondary N) is 1. The number of benzene rings is 3. The number of amides is 1. The van der Waals surface area contributed by atoms with Crippen LogP contribution in [0.4, 0.5) is 5.69 Å². The molecule has 1 aromatic heterocycles. The molecule has 4 rings (SSSR count). The van der Waals surface area contributed by atoms with Crippen molar-refractivity contribution < 1.29 is 14.3 Å². The highest BCUT2D eigenvalue weighted by molar-refractivity contribution is 7.99. The number of hydrogen-bond acceptors (Lipinski definition) is 6. The van der Waals surface area contributed by atoms with Gasteiger partial charge in [0.1, 0.15) is 18.1 Å². The fraction of sp³-hybridized carbons (Fsp3) is 0.192. The Morgan fingerprint density at radius 2 is 1.71 bits per heavy atom. The van der Waals surface area contributed by atoms with E-state index < -0.39 is 0 Å². The van der Waals surface area contributed by atoms with Gasteiger partial charge in [-0.15, -0.1) is 10.2 Å². The Balaban J connectivity index is 1.51. The normalized spacial score (nSPS) is 10.7.